The number of aryl methyl sites for hydroxylation is 3. The molecule has 0 aliphatic rings. The molecule has 8 heteroatoms. The maximum absolute atomic E-state index is 12.4. The van der Waals surface area contributed by atoms with Gasteiger partial charge in [-0.05, 0) is 55.7 Å². The summed E-state index contributed by atoms with van der Waals surface area (Å²) in [6.07, 6.45) is 0. The number of carbonyl (C=O) groups excluding carboxylic acids is 2. The minimum atomic E-state index is -3.68. The number of hydrogen-bond acceptors (Lipinski definition) is 5. The maximum Gasteiger partial charge on any atom is 0.338 e. The van der Waals surface area contributed by atoms with Gasteiger partial charge in [0, 0.05) is 19.8 Å². The van der Waals surface area contributed by atoms with Crippen molar-refractivity contribution in [1.82, 2.24) is 4.31 Å². The fourth-order valence-corrected chi connectivity index (χ4v) is 3.39. The average Bonchev–Trinajstić information content (AvgIpc) is 2.62. The van der Waals surface area contributed by atoms with Crippen molar-refractivity contribution in [2.75, 3.05) is 26.0 Å². The molecule has 0 heterocycles. The van der Waals surface area contributed by atoms with Crippen LogP contribution in [0.25, 0.3) is 0 Å². The van der Waals surface area contributed by atoms with Gasteiger partial charge in [-0.15, -0.1) is 0 Å². The van der Waals surface area contributed by atoms with Gasteiger partial charge in [-0.3, -0.25) is 4.79 Å². The first-order valence-electron chi connectivity index (χ1n) is 8.60. The Balaban J connectivity index is 2.11. The van der Waals surface area contributed by atoms with E-state index in [9.17, 15) is 18.0 Å². The number of hydrogen-bond donors (Lipinski definition) is 1. The highest BCUT2D eigenvalue weighted by Gasteiger charge is 2.21. The van der Waals surface area contributed by atoms with Crippen LogP contribution >= 0.6 is 0 Å². The number of benzene rings is 2. The van der Waals surface area contributed by atoms with E-state index in [1.54, 1.807) is 6.92 Å². The summed E-state index contributed by atoms with van der Waals surface area (Å²) in [5, 5.41) is 2.70. The van der Waals surface area contributed by atoms with Crippen molar-refractivity contribution >= 4 is 27.6 Å². The highest BCUT2D eigenvalue weighted by molar-refractivity contribution is 7.89. The number of sulfonamides is 1. The fraction of sp³-hybridized carbons (Fsp3) is 0.300. The van der Waals surface area contributed by atoms with Crippen LogP contribution in [-0.2, 0) is 19.6 Å². The van der Waals surface area contributed by atoms with Crippen molar-refractivity contribution in [3.05, 3.63) is 58.7 Å². The van der Waals surface area contributed by atoms with Crippen molar-refractivity contribution < 1.29 is 22.7 Å². The van der Waals surface area contributed by atoms with E-state index in [2.05, 4.69) is 5.32 Å². The summed E-state index contributed by atoms with van der Waals surface area (Å²) in [6, 6.07) is 9.86. The average molecular weight is 404 g/mol. The molecule has 7 nitrogen and oxygen atoms in total. The molecular formula is C20H24N2O5S. The summed E-state index contributed by atoms with van der Waals surface area (Å²) < 4.78 is 30.7. The monoisotopic (exact) mass is 404 g/mol. The molecule has 0 spiro atoms. The molecule has 0 aromatic heterocycles. The Bertz CT molecular complexity index is 1010. The first-order chi connectivity index (χ1) is 13.0. The number of ether oxygens (including phenoxy) is 1. The molecule has 0 unspecified atom stereocenters. The predicted molar refractivity (Wildman–Crippen MR) is 107 cm³/mol. The summed E-state index contributed by atoms with van der Waals surface area (Å²) in [5.74, 6) is -1.24. The minimum absolute atomic E-state index is 0.0186. The van der Waals surface area contributed by atoms with Gasteiger partial charge in [0.15, 0.2) is 6.61 Å². The molecule has 0 bridgehead atoms. The summed E-state index contributed by atoms with van der Waals surface area (Å²) >= 11 is 0. The van der Waals surface area contributed by atoms with E-state index >= 15 is 0 Å². The Morgan fingerprint density at radius 3 is 2.29 bits per heavy atom. The van der Waals surface area contributed by atoms with Crippen LogP contribution in [0.3, 0.4) is 0 Å². The summed E-state index contributed by atoms with van der Waals surface area (Å²) in [6.45, 7) is 4.96. The van der Waals surface area contributed by atoms with Gasteiger partial charge < -0.3 is 10.1 Å². The van der Waals surface area contributed by atoms with E-state index in [1.165, 1.54) is 32.3 Å². The molecule has 28 heavy (non-hydrogen) atoms. The Labute approximate surface area is 165 Å². The predicted octanol–water partition coefficient (Wildman–Crippen LogP) is 2.66. The van der Waals surface area contributed by atoms with Gasteiger partial charge in [0.25, 0.3) is 5.91 Å². The third-order valence-electron chi connectivity index (χ3n) is 4.21. The maximum atomic E-state index is 12.4. The third kappa shape index (κ3) is 4.96. The minimum Gasteiger partial charge on any atom is -0.452 e. The molecule has 0 saturated heterocycles. The molecule has 1 amide bonds. The summed E-state index contributed by atoms with van der Waals surface area (Å²) in [4.78, 5) is 24.5. The fourth-order valence-electron chi connectivity index (χ4n) is 2.46. The van der Waals surface area contributed by atoms with Crippen molar-refractivity contribution in [2.45, 2.75) is 25.7 Å². The highest BCUT2D eigenvalue weighted by Crippen LogP contribution is 2.19. The first-order valence-corrected chi connectivity index (χ1v) is 10.0. The van der Waals surface area contributed by atoms with Gasteiger partial charge in [0.1, 0.15) is 0 Å². The zero-order chi connectivity index (χ0) is 21.1. The number of nitrogens with zero attached hydrogens (tertiary/aromatic N) is 1. The molecule has 0 aliphatic carbocycles. The van der Waals surface area contributed by atoms with Crippen LogP contribution in [0, 0.1) is 20.8 Å². The Morgan fingerprint density at radius 1 is 1.00 bits per heavy atom. The Kier molecular flexibility index (Phi) is 6.58. The van der Waals surface area contributed by atoms with Gasteiger partial charge in [0.2, 0.25) is 10.0 Å². The SMILES string of the molecule is Cc1ccc(C)c(NC(=O)COC(=O)c2cc(S(=O)(=O)N(C)C)ccc2C)c1. The van der Waals surface area contributed by atoms with Crippen molar-refractivity contribution in [3.8, 4) is 0 Å². The second kappa shape index (κ2) is 8.53. The second-order valence-corrected chi connectivity index (χ2v) is 8.86. The van der Waals surface area contributed by atoms with E-state index in [4.69, 9.17) is 4.74 Å². The topological polar surface area (TPSA) is 92.8 Å². The van der Waals surface area contributed by atoms with E-state index in [0.717, 1.165) is 15.4 Å². The van der Waals surface area contributed by atoms with E-state index < -0.39 is 28.5 Å². The lowest BCUT2D eigenvalue weighted by atomic mass is 10.1. The van der Waals surface area contributed by atoms with Gasteiger partial charge in [-0.2, -0.15) is 0 Å². The second-order valence-electron chi connectivity index (χ2n) is 6.71. The number of amides is 1. The quantitative estimate of drug-likeness (QED) is 0.747. The molecule has 2 aromatic carbocycles. The van der Waals surface area contributed by atoms with Crippen LogP contribution in [-0.4, -0.2) is 45.3 Å². The normalized spacial score (nSPS) is 11.4. The van der Waals surface area contributed by atoms with Gasteiger partial charge in [-0.25, -0.2) is 17.5 Å². The third-order valence-corrected chi connectivity index (χ3v) is 6.02. The molecule has 0 fully saturated rings. The zero-order valence-electron chi connectivity index (χ0n) is 16.6. The first kappa shape index (κ1) is 21.6. The van der Waals surface area contributed by atoms with Crippen LogP contribution in [0.4, 0.5) is 5.69 Å². The lowest BCUT2D eigenvalue weighted by Gasteiger charge is -2.14. The number of nitrogens with one attached hydrogen (secondary N) is 1. The summed E-state index contributed by atoms with van der Waals surface area (Å²) in [7, 11) is -0.869. The highest BCUT2D eigenvalue weighted by atomic mass is 32.2. The molecular weight excluding hydrogens is 380 g/mol. The molecule has 2 aromatic rings. The smallest absolute Gasteiger partial charge is 0.338 e. The van der Waals surface area contributed by atoms with E-state index in [1.807, 2.05) is 32.0 Å². The zero-order valence-corrected chi connectivity index (χ0v) is 17.4. The number of anilines is 1. The molecule has 0 saturated carbocycles. The van der Waals surface area contributed by atoms with Crippen LogP contribution in [0.1, 0.15) is 27.0 Å². The van der Waals surface area contributed by atoms with Gasteiger partial charge in [-0.1, -0.05) is 18.2 Å². The molecule has 2 rings (SSSR count). The molecule has 0 aliphatic heterocycles. The summed E-state index contributed by atoms with van der Waals surface area (Å²) in [5.41, 5.74) is 3.19. The number of rotatable bonds is 6. The van der Waals surface area contributed by atoms with E-state index in [-0.39, 0.29) is 10.5 Å². The van der Waals surface area contributed by atoms with Crippen LogP contribution in [0.15, 0.2) is 41.3 Å². The lowest BCUT2D eigenvalue weighted by molar-refractivity contribution is -0.119. The van der Waals surface area contributed by atoms with Crippen LogP contribution in [0.2, 0.25) is 0 Å². The van der Waals surface area contributed by atoms with Crippen molar-refractivity contribution in [2.24, 2.45) is 0 Å². The molecule has 0 atom stereocenters. The number of esters is 1. The largest absolute Gasteiger partial charge is 0.452 e. The van der Waals surface area contributed by atoms with Crippen LogP contribution < -0.4 is 5.32 Å². The Morgan fingerprint density at radius 2 is 1.64 bits per heavy atom. The lowest BCUT2D eigenvalue weighted by Crippen LogP contribution is -2.23. The van der Waals surface area contributed by atoms with Crippen molar-refractivity contribution in [1.29, 1.82) is 0 Å². The molecule has 0 radical (unpaired) electrons. The van der Waals surface area contributed by atoms with Gasteiger partial charge in [0.05, 0.1) is 10.5 Å². The molecule has 1 N–H and O–H groups in total. The van der Waals surface area contributed by atoms with Gasteiger partial charge >= 0.3 is 5.97 Å². The van der Waals surface area contributed by atoms with Crippen molar-refractivity contribution in [3.63, 3.8) is 0 Å². The van der Waals surface area contributed by atoms with E-state index in [0.29, 0.717) is 11.3 Å². The number of carbonyl (C=O) groups is 2. The standard InChI is InChI=1S/C20H24N2O5S/c1-13-6-7-15(3)18(10-13)21-19(23)12-27-20(24)17-11-16(9-8-14(17)2)28(25,26)22(4)5/h6-11H,12H2,1-5H3,(H,21,23). The Hall–Kier alpha value is -2.71. The van der Waals surface area contributed by atoms with Crippen LogP contribution in [0.5, 0.6) is 0 Å². The molecule has 150 valence electrons.